The number of carbonyl (C=O) groups excluding carboxylic acids is 1. The molecule has 1 saturated heterocycles. The lowest BCUT2D eigenvalue weighted by Gasteiger charge is -2.41. The molecular formula is C29H36F2N4O. The first-order chi connectivity index (χ1) is 17.3. The van der Waals surface area contributed by atoms with E-state index in [2.05, 4.69) is 30.7 Å². The van der Waals surface area contributed by atoms with Crippen molar-refractivity contribution >= 4 is 16.8 Å². The van der Waals surface area contributed by atoms with E-state index in [-0.39, 0.29) is 11.9 Å². The van der Waals surface area contributed by atoms with Crippen LogP contribution in [0, 0.1) is 11.6 Å². The number of halogens is 2. The molecule has 1 amide bonds. The lowest BCUT2D eigenvalue weighted by atomic mass is 9.83. The SMILES string of the molecule is CCN(CC)CCC(N)(CC)[C@@H]1CCCN1C(=O)c1cc(-c2ccc(F)c(F)c2)nc2ccccc12. The van der Waals surface area contributed by atoms with Gasteiger partial charge in [0, 0.05) is 23.0 Å². The Bertz CT molecular complexity index is 1230. The Morgan fingerprint density at radius 3 is 2.56 bits per heavy atom. The maximum absolute atomic E-state index is 14.1. The van der Waals surface area contributed by atoms with Gasteiger partial charge in [-0.2, -0.15) is 0 Å². The second-order valence-corrected chi connectivity index (χ2v) is 9.72. The maximum Gasteiger partial charge on any atom is 0.254 e. The molecule has 1 aromatic heterocycles. The van der Waals surface area contributed by atoms with Gasteiger partial charge in [0.25, 0.3) is 5.91 Å². The Morgan fingerprint density at radius 1 is 1.11 bits per heavy atom. The summed E-state index contributed by atoms with van der Waals surface area (Å²) in [5.74, 6) is -1.95. The third kappa shape index (κ3) is 5.13. The van der Waals surface area contributed by atoms with E-state index in [9.17, 15) is 13.6 Å². The van der Waals surface area contributed by atoms with Gasteiger partial charge in [0.2, 0.25) is 0 Å². The van der Waals surface area contributed by atoms with E-state index in [4.69, 9.17) is 5.73 Å². The summed E-state index contributed by atoms with van der Waals surface area (Å²) in [5.41, 5.74) is 8.53. The number of fused-ring (bicyclic) bond motifs is 1. The molecule has 36 heavy (non-hydrogen) atoms. The number of hydrogen-bond acceptors (Lipinski definition) is 4. The van der Waals surface area contributed by atoms with E-state index in [0.717, 1.165) is 62.8 Å². The first-order valence-corrected chi connectivity index (χ1v) is 13.0. The Morgan fingerprint density at radius 2 is 1.86 bits per heavy atom. The molecule has 7 heteroatoms. The number of amides is 1. The molecule has 5 nitrogen and oxygen atoms in total. The maximum atomic E-state index is 14.1. The normalized spacial score (nSPS) is 17.6. The number of nitrogens with two attached hydrogens (primary N) is 1. The molecule has 4 rings (SSSR count). The predicted octanol–water partition coefficient (Wildman–Crippen LogP) is 5.62. The summed E-state index contributed by atoms with van der Waals surface area (Å²) in [4.78, 5) is 23.0. The zero-order chi connectivity index (χ0) is 25.9. The number of aromatic nitrogens is 1. The quantitative estimate of drug-likeness (QED) is 0.419. The van der Waals surface area contributed by atoms with Gasteiger partial charge in [-0.3, -0.25) is 4.79 Å². The third-order valence-electron chi connectivity index (χ3n) is 7.79. The molecule has 1 unspecified atom stereocenters. The first-order valence-electron chi connectivity index (χ1n) is 13.0. The van der Waals surface area contributed by atoms with Crippen molar-refractivity contribution in [2.24, 2.45) is 5.73 Å². The second kappa shape index (κ2) is 11.0. The zero-order valence-electron chi connectivity index (χ0n) is 21.4. The lowest BCUT2D eigenvalue weighted by molar-refractivity contribution is 0.0637. The van der Waals surface area contributed by atoms with Gasteiger partial charge in [0.05, 0.1) is 22.8 Å². The third-order valence-corrected chi connectivity index (χ3v) is 7.79. The predicted molar refractivity (Wildman–Crippen MR) is 141 cm³/mol. The summed E-state index contributed by atoms with van der Waals surface area (Å²) in [6, 6.07) is 12.8. The number of pyridine rings is 1. The summed E-state index contributed by atoms with van der Waals surface area (Å²) in [6.45, 7) is 9.89. The van der Waals surface area contributed by atoms with Crippen molar-refractivity contribution < 1.29 is 13.6 Å². The molecule has 0 spiro atoms. The standard InChI is InChI=1S/C29H36F2N4O/c1-4-29(32,15-17-34(5-2)6-3)27-12-9-16-35(27)28(36)22-19-26(20-13-14-23(30)24(31)18-20)33-25-11-8-7-10-21(22)25/h7-8,10-11,13-14,18-19,27H,4-6,9,12,15-17,32H2,1-3H3/t27-,29?/m0/s1. The van der Waals surface area contributed by atoms with E-state index < -0.39 is 17.2 Å². The van der Waals surface area contributed by atoms with E-state index in [1.165, 1.54) is 6.07 Å². The molecule has 2 atom stereocenters. The van der Waals surface area contributed by atoms with Crippen LogP contribution >= 0.6 is 0 Å². The summed E-state index contributed by atoms with van der Waals surface area (Å²) < 4.78 is 27.5. The summed E-state index contributed by atoms with van der Waals surface area (Å²) >= 11 is 0. The van der Waals surface area contributed by atoms with Crippen molar-refractivity contribution in [2.75, 3.05) is 26.2 Å². The smallest absolute Gasteiger partial charge is 0.254 e. The highest BCUT2D eigenvalue weighted by Crippen LogP contribution is 2.34. The minimum Gasteiger partial charge on any atom is -0.334 e. The van der Waals surface area contributed by atoms with Crippen LogP contribution in [0.1, 0.15) is 56.8 Å². The molecule has 192 valence electrons. The molecule has 2 heterocycles. The number of likely N-dealkylation sites (tertiary alicyclic amines) is 1. The van der Waals surface area contributed by atoms with Crippen molar-refractivity contribution in [3.63, 3.8) is 0 Å². The fourth-order valence-corrected chi connectivity index (χ4v) is 5.40. The van der Waals surface area contributed by atoms with Crippen LogP contribution in [0.3, 0.4) is 0 Å². The fraction of sp³-hybridized carbons (Fsp3) is 0.448. The second-order valence-electron chi connectivity index (χ2n) is 9.72. The molecule has 1 fully saturated rings. The molecule has 2 N–H and O–H groups in total. The number of para-hydroxylation sites is 1. The van der Waals surface area contributed by atoms with Gasteiger partial charge in [-0.1, -0.05) is 39.0 Å². The number of rotatable bonds is 9. The molecule has 1 aliphatic heterocycles. The van der Waals surface area contributed by atoms with Crippen LogP contribution in [-0.4, -0.2) is 58.5 Å². The van der Waals surface area contributed by atoms with Crippen LogP contribution in [0.25, 0.3) is 22.2 Å². The fourth-order valence-electron chi connectivity index (χ4n) is 5.40. The van der Waals surface area contributed by atoms with Crippen LogP contribution in [-0.2, 0) is 0 Å². The molecule has 0 saturated carbocycles. The summed E-state index contributed by atoms with van der Waals surface area (Å²) in [7, 11) is 0. The molecule has 0 radical (unpaired) electrons. The van der Waals surface area contributed by atoms with E-state index in [1.807, 2.05) is 29.2 Å². The van der Waals surface area contributed by atoms with Gasteiger partial charge in [0.1, 0.15) is 0 Å². The van der Waals surface area contributed by atoms with Crippen molar-refractivity contribution in [3.8, 4) is 11.3 Å². The zero-order valence-corrected chi connectivity index (χ0v) is 21.4. The van der Waals surface area contributed by atoms with Crippen molar-refractivity contribution in [1.29, 1.82) is 0 Å². The van der Waals surface area contributed by atoms with Gasteiger partial charge in [0.15, 0.2) is 11.6 Å². The minimum absolute atomic E-state index is 0.0656. The van der Waals surface area contributed by atoms with Crippen LogP contribution in [0.5, 0.6) is 0 Å². The van der Waals surface area contributed by atoms with Gasteiger partial charge >= 0.3 is 0 Å². The highest BCUT2D eigenvalue weighted by molar-refractivity contribution is 6.07. The largest absolute Gasteiger partial charge is 0.334 e. The van der Waals surface area contributed by atoms with Crippen LogP contribution in [0.2, 0.25) is 0 Å². The van der Waals surface area contributed by atoms with Crippen LogP contribution in [0.15, 0.2) is 48.5 Å². The average Bonchev–Trinajstić information content (AvgIpc) is 3.40. The highest BCUT2D eigenvalue weighted by Gasteiger charge is 2.42. The van der Waals surface area contributed by atoms with E-state index in [1.54, 1.807) is 6.07 Å². The van der Waals surface area contributed by atoms with Gasteiger partial charge < -0.3 is 15.5 Å². The number of nitrogens with zero attached hydrogens (tertiary/aromatic N) is 3. The van der Waals surface area contributed by atoms with Crippen molar-refractivity contribution in [3.05, 3.63) is 65.7 Å². The molecule has 3 aromatic rings. The average molecular weight is 495 g/mol. The van der Waals surface area contributed by atoms with E-state index >= 15 is 0 Å². The Balaban J connectivity index is 1.71. The van der Waals surface area contributed by atoms with Gasteiger partial charge in [-0.15, -0.1) is 0 Å². The first kappa shape index (κ1) is 26.2. The molecular weight excluding hydrogens is 458 g/mol. The van der Waals surface area contributed by atoms with Crippen molar-refractivity contribution in [1.82, 2.24) is 14.8 Å². The highest BCUT2D eigenvalue weighted by atomic mass is 19.2. The lowest BCUT2D eigenvalue weighted by Crippen LogP contribution is -2.58. The van der Waals surface area contributed by atoms with E-state index in [0.29, 0.717) is 28.9 Å². The summed E-state index contributed by atoms with van der Waals surface area (Å²) in [5, 5.41) is 0.738. The van der Waals surface area contributed by atoms with Gasteiger partial charge in [-0.05, 0) is 75.6 Å². The number of carbonyl (C=O) groups is 1. The topological polar surface area (TPSA) is 62.5 Å². The summed E-state index contributed by atoms with van der Waals surface area (Å²) in [6.07, 6.45) is 3.36. The molecule has 1 aliphatic rings. The van der Waals surface area contributed by atoms with Crippen LogP contribution < -0.4 is 5.73 Å². The van der Waals surface area contributed by atoms with Crippen molar-refractivity contribution in [2.45, 2.75) is 58.0 Å². The Hall–Kier alpha value is -2.90. The van der Waals surface area contributed by atoms with Crippen LogP contribution in [0.4, 0.5) is 8.78 Å². The Labute approximate surface area is 212 Å². The number of hydrogen-bond donors (Lipinski definition) is 1. The molecule has 0 bridgehead atoms. The Kier molecular flexibility index (Phi) is 8.00. The molecule has 0 aliphatic carbocycles. The minimum atomic E-state index is -0.945. The monoisotopic (exact) mass is 494 g/mol. The molecule has 2 aromatic carbocycles. The number of benzene rings is 2. The van der Waals surface area contributed by atoms with Gasteiger partial charge in [-0.25, -0.2) is 13.8 Å².